The predicted molar refractivity (Wildman–Crippen MR) is 77.9 cm³/mol. The van der Waals surface area contributed by atoms with Crippen molar-refractivity contribution in [2.75, 3.05) is 13.1 Å². The van der Waals surface area contributed by atoms with Gasteiger partial charge in [0.25, 0.3) is 0 Å². The van der Waals surface area contributed by atoms with Gasteiger partial charge in [0.2, 0.25) is 5.91 Å². The van der Waals surface area contributed by atoms with Crippen molar-refractivity contribution in [3.05, 3.63) is 35.4 Å². The van der Waals surface area contributed by atoms with Gasteiger partial charge in [-0.1, -0.05) is 18.2 Å². The van der Waals surface area contributed by atoms with Crippen LogP contribution in [-0.2, 0) is 11.3 Å². The number of likely N-dealkylation sites (tertiary alicyclic amines) is 1. The average Bonchev–Trinajstić information content (AvgIpc) is 2.53. The normalized spacial score (nSPS) is 16.5. The lowest BCUT2D eigenvalue weighted by Crippen LogP contribution is -2.46. The molecule has 1 amide bonds. The van der Waals surface area contributed by atoms with Crippen molar-refractivity contribution in [1.82, 2.24) is 10.2 Å². The van der Waals surface area contributed by atoms with Gasteiger partial charge in [-0.05, 0) is 37.8 Å². The fourth-order valence-corrected chi connectivity index (χ4v) is 2.52. The highest BCUT2D eigenvalue weighted by atomic mass is 16.2. The zero-order valence-electron chi connectivity index (χ0n) is 11.9. The molecule has 2 rings (SSSR count). The predicted octanol–water partition coefficient (Wildman–Crippen LogP) is 2.05. The molecule has 0 radical (unpaired) electrons. The zero-order valence-corrected chi connectivity index (χ0v) is 11.9. The molecular formula is C16H21N3O. The Kier molecular flexibility index (Phi) is 5.14. The molecule has 20 heavy (non-hydrogen) atoms. The Morgan fingerprint density at radius 2 is 2.05 bits per heavy atom. The Morgan fingerprint density at radius 3 is 2.75 bits per heavy atom. The van der Waals surface area contributed by atoms with E-state index < -0.39 is 0 Å². The third-order valence-corrected chi connectivity index (χ3v) is 3.77. The number of benzene rings is 1. The van der Waals surface area contributed by atoms with Crippen LogP contribution in [0.2, 0.25) is 0 Å². The van der Waals surface area contributed by atoms with Gasteiger partial charge < -0.3 is 10.2 Å². The molecule has 1 heterocycles. The van der Waals surface area contributed by atoms with Crippen LogP contribution in [0.5, 0.6) is 0 Å². The van der Waals surface area contributed by atoms with E-state index in [2.05, 4.69) is 11.4 Å². The summed E-state index contributed by atoms with van der Waals surface area (Å²) in [6.45, 7) is 4.19. The average molecular weight is 271 g/mol. The zero-order chi connectivity index (χ0) is 14.4. The van der Waals surface area contributed by atoms with E-state index in [4.69, 9.17) is 5.26 Å². The van der Waals surface area contributed by atoms with Crippen LogP contribution in [0.15, 0.2) is 24.3 Å². The Hall–Kier alpha value is -1.86. The molecule has 1 atom stereocenters. The molecule has 0 bridgehead atoms. The van der Waals surface area contributed by atoms with E-state index in [1.807, 2.05) is 30.0 Å². The maximum atomic E-state index is 12.3. The van der Waals surface area contributed by atoms with Crippen LogP contribution in [-0.4, -0.2) is 29.9 Å². The summed E-state index contributed by atoms with van der Waals surface area (Å²) in [5.74, 6) is 0.166. The molecule has 0 saturated carbocycles. The minimum Gasteiger partial charge on any atom is -0.341 e. The molecular weight excluding hydrogens is 250 g/mol. The lowest BCUT2D eigenvalue weighted by atomic mass is 10.1. The first-order chi connectivity index (χ1) is 9.72. The second-order valence-corrected chi connectivity index (χ2v) is 5.26. The molecule has 0 aromatic heterocycles. The van der Waals surface area contributed by atoms with Crippen molar-refractivity contribution in [3.8, 4) is 6.07 Å². The van der Waals surface area contributed by atoms with Crippen LogP contribution in [0.3, 0.4) is 0 Å². The second-order valence-electron chi connectivity index (χ2n) is 5.26. The van der Waals surface area contributed by atoms with Gasteiger partial charge in [-0.15, -0.1) is 0 Å². The van der Waals surface area contributed by atoms with Crippen LogP contribution in [0, 0.1) is 11.3 Å². The summed E-state index contributed by atoms with van der Waals surface area (Å²) in [6, 6.07) is 9.45. The molecule has 106 valence electrons. The summed E-state index contributed by atoms with van der Waals surface area (Å²) in [4.78, 5) is 14.2. The molecule has 0 spiro atoms. The number of carbonyl (C=O) groups is 1. The number of nitrogens with zero attached hydrogens (tertiary/aromatic N) is 2. The van der Waals surface area contributed by atoms with Gasteiger partial charge in [0, 0.05) is 19.6 Å². The molecule has 1 aliphatic rings. The Labute approximate surface area is 120 Å². The summed E-state index contributed by atoms with van der Waals surface area (Å²) in [6.07, 6.45) is 3.44. The third kappa shape index (κ3) is 3.58. The Bertz CT molecular complexity index is 501. The maximum Gasteiger partial charge on any atom is 0.239 e. The van der Waals surface area contributed by atoms with E-state index in [1.54, 1.807) is 6.07 Å². The first kappa shape index (κ1) is 14.5. The van der Waals surface area contributed by atoms with Crippen molar-refractivity contribution in [2.45, 2.75) is 38.8 Å². The summed E-state index contributed by atoms with van der Waals surface area (Å²) in [7, 11) is 0. The molecule has 1 fully saturated rings. The Balaban J connectivity index is 1.89. The van der Waals surface area contributed by atoms with Crippen molar-refractivity contribution in [2.24, 2.45) is 0 Å². The number of rotatable bonds is 4. The standard InChI is InChI=1S/C16H21N3O/c1-13(16(20)19-9-5-2-6-10-19)18-12-15-8-4-3-7-14(15)11-17/h3-4,7-8,13,18H,2,5-6,9-10,12H2,1H3. The van der Waals surface area contributed by atoms with Crippen molar-refractivity contribution >= 4 is 5.91 Å². The molecule has 4 nitrogen and oxygen atoms in total. The summed E-state index contributed by atoms with van der Waals surface area (Å²) >= 11 is 0. The van der Waals surface area contributed by atoms with Gasteiger partial charge in [0.15, 0.2) is 0 Å². The number of nitrogens with one attached hydrogen (secondary N) is 1. The quantitative estimate of drug-likeness (QED) is 0.912. The molecule has 1 unspecified atom stereocenters. The summed E-state index contributed by atoms with van der Waals surface area (Å²) in [5, 5.41) is 12.3. The van der Waals surface area contributed by atoms with E-state index in [0.717, 1.165) is 31.5 Å². The highest BCUT2D eigenvalue weighted by Crippen LogP contribution is 2.11. The van der Waals surface area contributed by atoms with Gasteiger partial charge in [-0.3, -0.25) is 4.79 Å². The highest BCUT2D eigenvalue weighted by Gasteiger charge is 2.21. The van der Waals surface area contributed by atoms with Gasteiger partial charge in [-0.25, -0.2) is 0 Å². The molecule has 1 aromatic carbocycles. The summed E-state index contributed by atoms with van der Waals surface area (Å²) in [5.41, 5.74) is 1.60. The van der Waals surface area contributed by atoms with Gasteiger partial charge in [0.1, 0.15) is 0 Å². The Morgan fingerprint density at radius 1 is 1.35 bits per heavy atom. The minimum atomic E-state index is -0.208. The van der Waals surface area contributed by atoms with Gasteiger partial charge in [0.05, 0.1) is 17.7 Å². The number of hydrogen-bond donors (Lipinski definition) is 1. The number of carbonyl (C=O) groups excluding carboxylic acids is 1. The van der Waals surface area contributed by atoms with Gasteiger partial charge in [-0.2, -0.15) is 5.26 Å². The lowest BCUT2D eigenvalue weighted by molar-refractivity contribution is -0.133. The number of nitriles is 1. The molecule has 4 heteroatoms. The fourth-order valence-electron chi connectivity index (χ4n) is 2.52. The third-order valence-electron chi connectivity index (χ3n) is 3.77. The second kappa shape index (κ2) is 7.06. The van der Waals surface area contributed by atoms with Gasteiger partial charge >= 0.3 is 0 Å². The number of amides is 1. The first-order valence-electron chi connectivity index (χ1n) is 7.22. The van der Waals surface area contributed by atoms with E-state index in [9.17, 15) is 4.79 Å². The SMILES string of the molecule is CC(NCc1ccccc1C#N)C(=O)N1CCCCC1. The van der Waals surface area contributed by atoms with Crippen molar-refractivity contribution in [3.63, 3.8) is 0 Å². The van der Waals surface area contributed by atoms with E-state index in [0.29, 0.717) is 12.1 Å². The van der Waals surface area contributed by atoms with E-state index in [-0.39, 0.29) is 11.9 Å². The molecule has 1 aromatic rings. The van der Waals surface area contributed by atoms with Crippen LogP contribution in [0.1, 0.15) is 37.3 Å². The number of hydrogen-bond acceptors (Lipinski definition) is 3. The highest BCUT2D eigenvalue weighted by molar-refractivity contribution is 5.81. The summed E-state index contributed by atoms with van der Waals surface area (Å²) < 4.78 is 0. The lowest BCUT2D eigenvalue weighted by Gasteiger charge is -2.29. The molecule has 1 aliphatic heterocycles. The topological polar surface area (TPSA) is 56.1 Å². The van der Waals surface area contributed by atoms with Crippen LogP contribution >= 0.6 is 0 Å². The first-order valence-corrected chi connectivity index (χ1v) is 7.22. The van der Waals surface area contributed by atoms with E-state index >= 15 is 0 Å². The van der Waals surface area contributed by atoms with Crippen LogP contribution in [0.25, 0.3) is 0 Å². The largest absolute Gasteiger partial charge is 0.341 e. The van der Waals surface area contributed by atoms with E-state index in [1.165, 1.54) is 6.42 Å². The molecule has 0 aliphatic carbocycles. The maximum absolute atomic E-state index is 12.3. The monoisotopic (exact) mass is 271 g/mol. The smallest absolute Gasteiger partial charge is 0.239 e. The number of piperidine rings is 1. The van der Waals surface area contributed by atoms with Crippen molar-refractivity contribution < 1.29 is 4.79 Å². The fraction of sp³-hybridized carbons (Fsp3) is 0.500. The van der Waals surface area contributed by atoms with Crippen LogP contribution < -0.4 is 5.32 Å². The molecule has 1 N–H and O–H groups in total. The minimum absolute atomic E-state index is 0.166. The molecule has 1 saturated heterocycles. The van der Waals surface area contributed by atoms with Crippen molar-refractivity contribution in [1.29, 1.82) is 5.26 Å². The van der Waals surface area contributed by atoms with Crippen LogP contribution in [0.4, 0.5) is 0 Å².